The predicted octanol–water partition coefficient (Wildman–Crippen LogP) is 2.51. The number of hydrogen-bond acceptors (Lipinski definition) is 11. The maximum Gasteiger partial charge on any atom is 0.308 e. The van der Waals surface area contributed by atoms with Crippen LogP contribution in [0.1, 0.15) is 50.8 Å². The minimum absolute atomic E-state index is 0.0617. The monoisotopic (exact) mass is 664 g/mol. The van der Waals surface area contributed by atoms with E-state index in [2.05, 4.69) is 11.8 Å². The Morgan fingerprint density at radius 2 is 1.89 bits per heavy atom. The van der Waals surface area contributed by atoms with E-state index in [0.29, 0.717) is 30.7 Å². The van der Waals surface area contributed by atoms with Gasteiger partial charge in [0.15, 0.2) is 0 Å². The van der Waals surface area contributed by atoms with Crippen LogP contribution >= 0.6 is 22.9 Å². The van der Waals surface area contributed by atoms with Crippen molar-refractivity contribution < 1.29 is 49.7 Å². The molecular formula is C33H41ClO10S. The third-order valence-electron chi connectivity index (χ3n) is 8.59. The number of ketones is 1. The number of fused-ring (bicyclic) bond motifs is 1. The zero-order valence-electron chi connectivity index (χ0n) is 25.2. The van der Waals surface area contributed by atoms with Crippen LogP contribution in [-0.2, 0) is 25.5 Å². The summed E-state index contributed by atoms with van der Waals surface area (Å²) in [5, 5.41) is 62.3. The number of esters is 1. The van der Waals surface area contributed by atoms with E-state index in [1.165, 1.54) is 0 Å². The van der Waals surface area contributed by atoms with Crippen molar-refractivity contribution in [2.75, 3.05) is 6.61 Å². The summed E-state index contributed by atoms with van der Waals surface area (Å²) in [5.74, 6) is 4.05. The average Bonchev–Trinajstić information content (AvgIpc) is 3.42. The second-order valence-electron chi connectivity index (χ2n) is 12.1. The van der Waals surface area contributed by atoms with Gasteiger partial charge in [-0.1, -0.05) is 55.8 Å². The highest BCUT2D eigenvalue weighted by atomic mass is 35.5. The molecule has 4 rings (SSSR count). The minimum Gasteiger partial charge on any atom is -0.433 e. The fraction of sp³-hybridized carbons (Fsp3) is 0.576. The molecule has 246 valence electrons. The third-order valence-corrected chi connectivity index (χ3v) is 10.4. The highest BCUT2D eigenvalue weighted by Gasteiger charge is 2.53. The molecule has 1 saturated carbocycles. The number of carbonyl (C=O) groups excluding carboxylic acids is 2. The second kappa shape index (κ2) is 15.5. The molecule has 2 aromatic rings. The molecule has 45 heavy (non-hydrogen) atoms. The van der Waals surface area contributed by atoms with E-state index in [-0.39, 0.29) is 18.6 Å². The normalized spacial score (nSPS) is 30.4. The molecule has 2 aliphatic rings. The Balaban J connectivity index is 1.26. The Bertz CT molecular complexity index is 1430. The van der Waals surface area contributed by atoms with E-state index in [9.17, 15) is 40.2 Å². The lowest BCUT2D eigenvalue weighted by Crippen LogP contribution is -2.59. The maximum absolute atomic E-state index is 13.2. The Morgan fingerprint density at radius 3 is 2.60 bits per heavy atom. The Morgan fingerprint density at radius 1 is 1.16 bits per heavy atom. The minimum atomic E-state index is -1.67. The van der Waals surface area contributed by atoms with Crippen LogP contribution in [0.25, 0.3) is 10.1 Å². The molecule has 1 saturated heterocycles. The van der Waals surface area contributed by atoms with E-state index in [0.717, 1.165) is 15.0 Å². The number of aryl methyl sites for hydroxylation is 1. The number of carbonyl (C=O) groups is 2. The molecule has 9 atom stereocenters. The number of ether oxygens (including phenoxy) is 2. The number of Topliss-reactive ketones (excluding diaryl/α,β-unsaturated/α-hetero) is 1. The molecular weight excluding hydrogens is 624 g/mol. The van der Waals surface area contributed by atoms with Gasteiger partial charge in [-0.25, -0.2) is 0 Å². The molecule has 10 nitrogen and oxygen atoms in total. The fourth-order valence-electron chi connectivity index (χ4n) is 5.77. The van der Waals surface area contributed by atoms with Gasteiger partial charge in [0, 0.05) is 46.1 Å². The number of halogens is 1. The summed E-state index contributed by atoms with van der Waals surface area (Å²) >= 11 is 8.13. The van der Waals surface area contributed by atoms with Gasteiger partial charge in [-0.3, -0.25) is 9.59 Å². The van der Waals surface area contributed by atoms with Gasteiger partial charge < -0.3 is 40.1 Å². The standard InChI is InChI=1S/C33H41ClO10S/c1-33(2)30(41)19(9-5-3-4-6-12-25(37)44-32-29(40)28(39)27(38)22(17-35)43-32)20(31(33)42)15-13-18(36)14-16-24-26(34)21-10-7-8-11-23(21)45-24/h7-8,10-11,13,15,18-20,22,27-29,31-32,35-36,38-40,42H,4,6,9,12,14,16-17H2,1-2H3/b15-13+/t18?,19-,20-,22-,27-,28+,29-,31+,32?/m1/s1. The number of aliphatic hydroxyl groups excluding tert-OH is 6. The summed E-state index contributed by atoms with van der Waals surface area (Å²) in [4.78, 5) is 26.4. The topological polar surface area (TPSA) is 174 Å². The number of aliphatic hydroxyl groups is 6. The molecule has 1 aromatic heterocycles. The van der Waals surface area contributed by atoms with Crippen LogP contribution in [0.2, 0.25) is 5.02 Å². The van der Waals surface area contributed by atoms with Gasteiger partial charge in [0.25, 0.3) is 0 Å². The van der Waals surface area contributed by atoms with Crippen LogP contribution in [0.5, 0.6) is 0 Å². The van der Waals surface area contributed by atoms with Gasteiger partial charge >= 0.3 is 5.97 Å². The van der Waals surface area contributed by atoms with Gasteiger partial charge in [-0.2, -0.15) is 0 Å². The van der Waals surface area contributed by atoms with E-state index in [4.69, 9.17) is 21.1 Å². The highest BCUT2D eigenvalue weighted by molar-refractivity contribution is 7.19. The predicted molar refractivity (Wildman–Crippen MR) is 168 cm³/mol. The Labute approximate surface area is 271 Å². The number of thiophene rings is 1. The summed E-state index contributed by atoms with van der Waals surface area (Å²) in [6.07, 6.45) is -4.14. The molecule has 2 fully saturated rings. The lowest BCUT2D eigenvalue weighted by molar-refractivity contribution is -0.292. The molecule has 0 bridgehead atoms. The lowest BCUT2D eigenvalue weighted by Gasteiger charge is -2.39. The van der Waals surface area contributed by atoms with Crippen LogP contribution in [0, 0.1) is 29.1 Å². The van der Waals surface area contributed by atoms with Gasteiger partial charge in [0.1, 0.15) is 30.2 Å². The van der Waals surface area contributed by atoms with Crippen molar-refractivity contribution in [1.82, 2.24) is 0 Å². The lowest BCUT2D eigenvalue weighted by atomic mass is 9.86. The van der Waals surface area contributed by atoms with E-state index in [1.807, 2.05) is 24.3 Å². The molecule has 1 aromatic carbocycles. The molecule has 1 aliphatic heterocycles. The van der Waals surface area contributed by atoms with E-state index in [1.54, 1.807) is 37.3 Å². The molecule has 0 radical (unpaired) electrons. The van der Waals surface area contributed by atoms with Crippen LogP contribution < -0.4 is 0 Å². The SMILES string of the molecule is CC1(C)C(=O)[C@H](CC#CCCCC(=O)OC2O[C@H](CO)[C@@H](O)[C@H](O)[C@H]2O)[C@@H](/C=C/C(O)CCc2sc3ccccc3c2Cl)[C@@H]1O. The van der Waals surface area contributed by atoms with Crippen LogP contribution in [0.4, 0.5) is 0 Å². The van der Waals surface area contributed by atoms with E-state index >= 15 is 0 Å². The average molecular weight is 665 g/mol. The number of hydrogen-bond donors (Lipinski definition) is 6. The zero-order chi connectivity index (χ0) is 32.9. The summed E-state index contributed by atoms with van der Waals surface area (Å²) in [6, 6.07) is 7.88. The van der Waals surface area contributed by atoms with Crippen molar-refractivity contribution in [3.63, 3.8) is 0 Å². The molecule has 6 N–H and O–H groups in total. The molecule has 2 unspecified atom stereocenters. The first kappa shape index (κ1) is 35.5. The molecule has 12 heteroatoms. The molecule has 2 heterocycles. The van der Waals surface area contributed by atoms with Gasteiger partial charge in [-0.05, 0) is 25.3 Å². The van der Waals surface area contributed by atoms with Crippen LogP contribution in [0.15, 0.2) is 36.4 Å². The summed E-state index contributed by atoms with van der Waals surface area (Å²) < 4.78 is 11.3. The second-order valence-corrected chi connectivity index (χ2v) is 13.7. The first-order valence-electron chi connectivity index (χ1n) is 15.1. The number of unbranched alkanes of at least 4 members (excludes halogenated alkanes) is 1. The highest BCUT2D eigenvalue weighted by Crippen LogP contribution is 2.44. The van der Waals surface area contributed by atoms with Gasteiger partial charge in [-0.15, -0.1) is 23.2 Å². The molecule has 0 spiro atoms. The van der Waals surface area contributed by atoms with Crippen molar-refractivity contribution in [1.29, 1.82) is 0 Å². The Kier molecular flexibility index (Phi) is 12.2. The summed E-state index contributed by atoms with van der Waals surface area (Å²) in [5.41, 5.74) is -0.967. The van der Waals surface area contributed by atoms with Crippen molar-refractivity contribution >= 4 is 44.8 Å². The summed E-state index contributed by atoms with van der Waals surface area (Å²) in [6.45, 7) is 2.77. The van der Waals surface area contributed by atoms with Crippen molar-refractivity contribution in [2.24, 2.45) is 17.3 Å². The van der Waals surface area contributed by atoms with Crippen LogP contribution in [0.3, 0.4) is 0 Å². The van der Waals surface area contributed by atoms with E-state index < -0.39 is 72.7 Å². The van der Waals surface area contributed by atoms with Gasteiger partial charge in [0.05, 0.1) is 29.3 Å². The first-order valence-corrected chi connectivity index (χ1v) is 16.3. The smallest absolute Gasteiger partial charge is 0.308 e. The molecule has 1 aliphatic carbocycles. The first-order chi connectivity index (χ1) is 21.4. The van der Waals surface area contributed by atoms with Crippen molar-refractivity contribution in [3.05, 3.63) is 46.3 Å². The number of benzene rings is 1. The Hall–Kier alpha value is -2.37. The number of rotatable bonds is 11. The molecule has 0 amide bonds. The summed E-state index contributed by atoms with van der Waals surface area (Å²) in [7, 11) is 0. The van der Waals surface area contributed by atoms with Gasteiger partial charge in [0.2, 0.25) is 6.29 Å². The van der Waals surface area contributed by atoms with Crippen molar-refractivity contribution in [3.8, 4) is 11.8 Å². The largest absolute Gasteiger partial charge is 0.433 e. The van der Waals surface area contributed by atoms with Crippen molar-refractivity contribution in [2.45, 2.75) is 95.3 Å². The zero-order valence-corrected chi connectivity index (χ0v) is 26.8. The quantitative estimate of drug-likeness (QED) is 0.0907. The fourth-order valence-corrected chi connectivity index (χ4v) is 7.31. The third kappa shape index (κ3) is 8.14. The maximum atomic E-state index is 13.2. The van der Waals surface area contributed by atoms with Crippen LogP contribution in [-0.4, -0.2) is 91.9 Å².